The summed E-state index contributed by atoms with van der Waals surface area (Å²) in [5, 5.41) is 0.723. The van der Waals surface area contributed by atoms with E-state index in [0.29, 0.717) is 0 Å². The molecule has 0 aromatic heterocycles. The van der Waals surface area contributed by atoms with Crippen molar-refractivity contribution in [2.75, 3.05) is 39.5 Å². The van der Waals surface area contributed by atoms with Crippen LogP contribution >= 0.6 is 11.6 Å². The monoisotopic (exact) mass is 291 g/mol. The third-order valence-corrected chi connectivity index (χ3v) is 3.17. The van der Waals surface area contributed by atoms with Gasteiger partial charge in [-0.2, -0.15) is 0 Å². The van der Waals surface area contributed by atoms with Crippen molar-refractivity contribution in [3.63, 3.8) is 0 Å². The molecule has 1 aromatic carbocycles. The third-order valence-electron chi connectivity index (χ3n) is 2.94. The van der Waals surface area contributed by atoms with E-state index in [-0.39, 0.29) is 12.4 Å². The summed E-state index contributed by atoms with van der Waals surface area (Å²) in [5.41, 5.74) is 0. The maximum absolute atomic E-state index is 5.88. The van der Waals surface area contributed by atoms with Gasteiger partial charge in [-0.05, 0) is 18.2 Å². The first kappa shape index (κ1) is 15.6. The van der Waals surface area contributed by atoms with Crippen LogP contribution in [0.3, 0.4) is 0 Å². The molecule has 5 heteroatoms. The summed E-state index contributed by atoms with van der Waals surface area (Å²) in [6, 6.07) is 7.55. The van der Waals surface area contributed by atoms with Crippen LogP contribution in [0.15, 0.2) is 24.3 Å². The highest BCUT2D eigenvalue weighted by atomic mass is 35.5. The summed E-state index contributed by atoms with van der Waals surface area (Å²) in [6.45, 7) is 5.94. The van der Waals surface area contributed by atoms with Crippen LogP contribution in [0.1, 0.15) is 6.42 Å². The highest BCUT2D eigenvalue weighted by Crippen LogP contribution is 2.16. The zero-order valence-corrected chi connectivity index (χ0v) is 11.8. The molecule has 0 radical (unpaired) electrons. The van der Waals surface area contributed by atoms with Crippen LogP contribution in [-0.2, 0) is 4.74 Å². The van der Waals surface area contributed by atoms with Crippen LogP contribution in [0.5, 0.6) is 5.75 Å². The minimum atomic E-state index is 0. The predicted molar refractivity (Wildman–Crippen MR) is 67.9 cm³/mol. The highest BCUT2D eigenvalue weighted by molar-refractivity contribution is 6.30. The minimum absolute atomic E-state index is 0. The lowest BCUT2D eigenvalue weighted by Crippen LogP contribution is -3.14. The fourth-order valence-corrected chi connectivity index (χ4v) is 2.16. The SMILES string of the molecule is Clc1cccc(OCCC[NH+]2CCOCC2)c1.[Cl-]. The van der Waals surface area contributed by atoms with E-state index >= 15 is 0 Å². The second-order valence-corrected chi connectivity index (χ2v) is 4.71. The number of benzene rings is 1. The Morgan fingerprint density at radius 3 is 2.78 bits per heavy atom. The molecule has 3 nitrogen and oxygen atoms in total. The Labute approximate surface area is 119 Å². The maximum Gasteiger partial charge on any atom is 0.120 e. The Morgan fingerprint density at radius 2 is 2.06 bits per heavy atom. The van der Waals surface area contributed by atoms with Gasteiger partial charge in [0.05, 0.1) is 26.4 Å². The van der Waals surface area contributed by atoms with Gasteiger partial charge in [-0.25, -0.2) is 0 Å². The smallest absolute Gasteiger partial charge is 0.120 e. The number of morpholine rings is 1. The van der Waals surface area contributed by atoms with Crippen LogP contribution in [-0.4, -0.2) is 39.5 Å². The van der Waals surface area contributed by atoms with Crippen molar-refractivity contribution in [2.24, 2.45) is 0 Å². The minimum Gasteiger partial charge on any atom is -1.00 e. The molecule has 0 amide bonds. The van der Waals surface area contributed by atoms with Crippen LogP contribution in [0.2, 0.25) is 5.02 Å². The Kier molecular flexibility index (Phi) is 7.44. The van der Waals surface area contributed by atoms with Crippen molar-refractivity contribution in [2.45, 2.75) is 6.42 Å². The molecule has 1 heterocycles. The molecule has 0 spiro atoms. The Bertz CT molecular complexity index is 344. The van der Waals surface area contributed by atoms with E-state index in [4.69, 9.17) is 21.1 Å². The number of rotatable bonds is 5. The largest absolute Gasteiger partial charge is 1.00 e. The van der Waals surface area contributed by atoms with Gasteiger partial charge in [0.1, 0.15) is 18.8 Å². The summed E-state index contributed by atoms with van der Waals surface area (Å²) in [6.07, 6.45) is 1.07. The van der Waals surface area contributed by atoms with Crippen LogP contribution in [0.25, 0.3) is 0 Å². The number of nitrogens with one attached hydrogen (secondary N) is 1. The Hall–Kier alpha value is -0.480. The lowest BCUT2D eigenvalue weighted by molar-refractivity contribution is -0.908. The average Bonchev–Trinajstić information content (AvgIpc) is 2.36. The second kappa shape index (κ2) is 8.59. The summed E-state index contributed by atoms with van der Waals surface area (Å²) in [5.74, 6) is 0.856. The molecule has 0 aliphatic carbocycles. The Morgan fingerprint density at radius 1 is 1.28 bits per heavy atom. The van der Waals surface area contributed by atoms with Crippen LogP contribution in [0, 0.1) is 0 Å². The van der Waals surface area contributed by atoms with E-state index < -0.39 is 0 Å². The molecule has 1 saturated heterocycles. The molecular weight excluding hydrogens is 273 g/mol. The standard InChI is InChI=1S/C13H18ClNO2.ClH/c14-12-3-1-4-13(11-12)17-8-2-5-15-6-9-16-10-7-15;/h1,3-4,11H,2,5-10H2;1H. The van der Waals surface area contributed by atoms with Crippen molar-refractivity contribution >= 4 is 11.6 Å². The predicted octanol–water partition coefficient (Wildman–Crippen LogP) is -1.97. The quantitative estimate of drug-likeness (QED) is 0.636. The zero-order chi connectivity index (χ0) is 11.9. The molecule has 1 aromatic rings. The summed E-state index contributed by atoms with van der Waals surface area (Å²) < 4.78 is 11.0. The van der Waals surface area contributed by atoms with Gasteiger partial charge in [0, 0.05) is 11.4 Å². The fourth-order valence-electron chi connectivity index (χ4n) is 1.98. The van der Waals surface area contributed by atoms with Gasteiger partial charge < -0.3 is 26.8 Å². The zero-order valence-electron chi connectivity index (χ0n) is 10.3. The van der Waals surface area contributed by atoms with Gasteiger partial charge in [-0.1, -0.05) is 17.7 Å². The van der Waals surface area contributed by atoms with Gasteiger partial charge >= 0.3 is 0 Å². The van der Waals surface area contributed by atoms with Crippen molar-refractivity contribution < 1.29 is 26.8 Å². The maximum atomic E-state index is 5.88. The first-order chi connectivity index (χ1) is 8.34. The highest BCUT2D eigenvalue weighted by Gasteiger charge is 2.12. The van der Waals surface area contributed by atoms with Gasteiger partial charge in [-0.3, -0.25) is 0 Å². The second-order valence-electron chi connectivity index (χ2n) is 4.27. The van der Waals surface area contributed by atoms with E-state index in [0.717, 1.165) is 56.6 Å². The number of hydrogen-bond acceptors (Lipinski definition) is 2. The molecule has 102 valence electrons. The van der Waals surface area contributed by atoms with Gasteiger partial charge in [0.2, 0.25) is 0 Å². The molecule has 0 saturated carbocycles. The molecule has 18 heavy (non-hydrogen) atoms. The van der Waals surface area contributed by atoms with Crippen molar-refractivity contribution in [1.29, 1.82) is 0 Å². The van der Waals surface area contributed by atoms with Gasteiger partial charge in [-0.15, -0.1) is 0 Å². The number of halogens is 2. The Balaban J connectivity index is 0.00000162. The van der Waals surface area contributed by atoms with Crippen LogP contribution < -0.4 is 22.0 Å². The molecule has 0 bridgehead atoms. The normalized spacial score (nSPS) is 16.1. The van der Waals surface area contributed by atoms with E-state index in [1.54, 1.807) is 4.90 Å². The van der Waals surface area contributed by atoms with E-state index in [1.165, 1.54) is 0 Å². The van der Waals surface area contributed by atoms with Crippen molar-refractivity contribution in [1.82, 2.24) is 0 Å². The lowest BCUT2D eigenvalue weighted by Gasteiger charge is -2.23. The number of quaternary nitrogens is 1. The first-order valence-electron chi connectivity index (χ1n) is 6.14. The lowest BCUT2D eigenvalue weighted by atomic mass is 10.3. The molecule has 1 N–H and O–H groups in total. The fraction of sp³-hybridized carbons (Fsp3) is 0.538. The first-order valence-corrected chi connectivity index (χ1v) is 6.52. The topological polar surface area (TPSA) is 22.9 Å². The molecule has 1 aliphatic rings. The molecular formula is C13H19Cl2NO2. The van der Waals surface area contributed by atoms with E-state index in [9.17, 15) is 0 Å². The van der Waals surface area contributed by atoms with E-state index in [1.807, 2.05) is 24.3 Å². The van der Waals surface area contributed by atoms with Crippen molar-refractivity contribution in [3.05, 3.63) is 29.3 Å². The van der Waals surface area contributed by atoms with Crippen LogP contribution in [0.4, 0.5) is 0 Å². The average molecular weight is 292 g/mol. The molecule has 0 atom stereocenters. The number of hydrogen-bond donors (Lipinski definition) is 1. The third kappa shape index (κ3) is 5.44. The van der Waals surface area contributed by atoms with E-state index in [2.05, 4.69) is 0 Å². The molecule has 2 rings (SSSR count). The molecule has 0 unspecified atom stereocenters. The summed E-state index contributed by atoms with van der Waals surface area (Å²) >= 11 is 5.88. The summed E-state index contributed by atoms with van der Waals surface area (Å²) in [4.78, 5) is 1.62. The summed E-state index contributed by atoms with van der Waals surface area (Å²) in [7, 11) is 0. The van der Waals surface area contributed by atoms with Crippen molar-refractivity contribution in [3.8, 4) is 5.75 Å². The van der Waals surface area contributed by atoms with Gasteiger partial charge in [0.25, 0.3) is 0 Å². The molecule has 1 fully saturated rings. The van der Waals surface area contributed by atoms with Gasteiger partial charge in [0.15, 0.2) is 0 Å². The molecule has 1 aliphatic heterocycles. The number of ether oxygens (including phenoxy) is 2.